The van der Waals surface area contributed by atoms with Crippen LogP contribution < -0.4 is 15.6 Å². The van der Waals surface area contributed by atoms with Gasteiger partial charge in [0.05, 0.1) is 24.1 Å². The number of benzene rings is 2. The molecule has 10 heteroatoms. The summed E-state index contributed by atoms with van der Waals surface area (Å²) in [6, 6.07) is 15.3. The zero-order valence-corrected chi connectivity index (χ0v) is 20.1. The molecule has 1 N–H and O–H groups in total. The van der Waals surface area contributed by atoms with Gasteiger partial charge in [-0.25, -0.2) is 9.78 Å². The maximum absolute atomic E-state index is 12.7. The van der Waals surface area contributed by atoms with E-state index >= 15 is 0 Å². The smallest absolute Gasteiger partial charge is 0.339 e. The number of ether oxygens (including phenoxy) is 2. The number of nitrogens with one attached hydrogen (secondary N) is 1. The standard InChI is InChI=1S/C24H21N3O5S2/c1-15-13-34-24-26-17(11-22(29)27(15)24)12-32-23(30)19-8-3-4-9-20(19)33-14-21(28)25-16-6-5-7-18(10-16)31-2/h3-11,13H,12,14H2,1-2H3,(H,25,28). The zero-order valence-electron chi connectivity index (χ0n) is 18.4. The number of carbonyl (C=O) groups excluding carboxylic acids is 2. The van der Waals surface area contributed by atoms with Gasteiger partial charge < -0.3 is 14.8 Å². The highest BCUT2D eigenvalue weighted by Crippen LogP contribution is 2.24. The number of fused-ring (bicyclic) bond motifs is 1. The highest BCUT2D eigenvalue weighted by Gasteiger charge is 2.16. The number of carbonyl (C=O) groups is 2. The predicted molar refractivity (Wildman–Crippen MR) is 132 cm³/mol. The molecule has 2 aromatic carbocycles. The fourth-order valence-corrected chi connectivity index (χ4v) is 4.93. The average Bonchev–Trinajstić information content (AvgIpc) is 3.22. The number of hydrogen-bond donors (Lipinski definition) is 1. The molecular weight excluding hydrogens is 474 g/mol. The summed E-state index contributed by atoms with van der Waals surface area (Å²) in [6.45, 7) is 1.70. The minimum absolute atomic E-state index is 0.105. The number of anilines is 1. The van der Waals surface area contributed by atoms with Gasteiger partial charge in [-0.05, 0) is 31.2 Å². The monoisotopic (exact) mass is 495 g/mol. The first-order valence-corrected chi connectivity index (χ1v) is 12.1. The Morgan fingerprint density at radius 3 is 2.79 bits per heavy atom. The molecule has 0 aliphatic heterocycles. The number of rotatable bonds is 8. The quantitative estimate of drug-likeness (QED) is 0.289. The Morgan fingerprint density at radius 2 is 1.97 bits per heavy atom. The van der Waals surface area contributed by atoms with Crippen LogP contribution >= 0.6 is 23.1 Å². The molecule has 0 radical (unpaired) electrons. The lowest BCUT2D eigenvalue weighted by molar-refractivity contribution is -0.113. The van der Waals surface area contributed by atoms with Crippen molar-refractivity contribution < 1.29 is 19.1 Å². The van der Waals surface area contributed by atoms with Gasteiger partial charge in [0.1, 0.15) is 12.4 Å². The first-order valence-electron chi connectivity index (χ1n) is 10.2. The van der Waals surface area contributed by atoms with E-state index in [-0.39, 0.29) is 23.8 Å². The Morgan fingerprint density at radius 1 is 1.15 bits per heavy atom. The largest absolute Gasteiger partial charge is 0.497 e. The topological polar surface area (TPSA) is 99.0 Å². The lowest BCUT2D eigenvalue weighted by atomic mass is 10.2. The first kappa shape index (κ1) is 23.5. The fourth-order valence-electron chi connectivity index (χ4n) is 3.19. The summed E-state index contributed by atoms with van der Waals surface area (Å²) in [6.07, 6.45) is 0. The lowest BCUT2D eigenvalue weighted by Gasteiger charge is -2.10. The number of methoxy groups -OCH3 is 1. The van der Waals surface area contributed by atoms with Crippen LogP contribution in [0.5, 0.6) is 5.75 Å². The van der Waals surface area contributed by atoms with Gasteiger partial charge >= 0.3 is 5.97 Å². The van der Waals surface area contributed by atoms with E-state index in [9.17, 15) is 14.4 Å². The van der Waals surface area contributed by atoms with Crippen LogP contribution in [-0.4, -0.2) is 34.1 Å². The molecule has 2 heterocycles. The molecule has 1 amide bonds. The van der Waals surface area contributed by atoms with Crippen molar-refractivity contribution in [1.29, 1.82) is 0 Å². The van der Waals surface area contributed by atoms with Crippen molar-refractivity contribution in [3.8, 4) is 5.75 Å². The van der Waals surface area contributed by atoms with E-state index in [2.05, 4.69) is 10.3 Å². The van der Waals surface area contributed by atoms with Crippen LogP contribution in [0.25, 0.3) is 4.96 Å². The fraction of sp³-hybridized carbons (Fsp3) is 0.167. The number of nitrogens with zero attached hydrogens (tertiary/aromatic N) is 2. The Bertz CT molecular complexity index is 1410. The Labute approximate surface area is 203 Å². The second kappa shape index (κ2) is 10.5. The third kappa shape index (κ3) is 5.46. The summed E-state index contributed by atoms with van der Waals surface area (Å²) < 4.78 is 12.1. The van der Waals surface area contributed by atoms with Gasteiger partial charge in [-0.2, -0.15) is 0 Å². The van der Waals surface area contributed by atoms with Crippen molar-refractivity contribution in [1.82, 2.24) is 9.38 Å². The number of thioether (sulfide) groups is 1. The Hall–Kier alpha value is -3.63. The van der Waals surface area contributed by atoms with Crippen LogP contribution in [0.2, 0.25) is 0 Å². The zero-order chi connectivity index (χ0) is 24.1. The number of thiazole rings is 1. The minimum atomic E-state index is -0.555. The molecule has 8 nitrogen and oxygen atoms in total. The summed E-state index contributed by atoms with van der Waals surface area (Å²) in [5.41, 5.74) is 1.93. The van der Waals surface area contributed by atoms with Crippen LogP contribution in [0.15, 0.2) is 69.7 Å². The van der Waals surface area contributed by atoms with E-state index in [1.807, 2.05) is 12.3 Å². The second-order valence-corrected chi connectivity index (χ2v) is 9.08. The van der Waals surface area contributed by atoms with Crippen molar-refractivity contribution >= 4 is 45.6 Å². The average molecular weight is 496 g/mol. The van der Waals surface area contributed by atoms with E-state index in [1.54, 1.807) is 55.6 Å². The Balaban J connectivity index is 1.39. The summed E-state index contributed by atoms with van der Waals surface area (Å²) >= 11 is 2.58. The molecule has 0 atom stereocenters. The molecule has 0 unspecified atom stereocenters. The lowest BCUT2D eigenvalue weighted by Crippen LogP contribution is -2.16. The maximum atomic E-state index is 12.7. The van der Waals surface area contributed by atoms with E-state index in [4.69, 9.17) is 9.47 Å². The van der Waals surface area contributed by atoms with Gasteiger partial charge in [-0.3, -0.25) is 14.0 Å². The third-order valence-electron chi connectivity index (χ3n) is 4.80. The van der Waals surface area contributed by atoms with Crippen LogP contribution in [0.4, 0.5) is 5.69 Å². The summed E-state index contributed by atoms with van der Waals surface area (Å²) in [4.78, 5) is 43.0. The summed E-state index contributed by atoms with van der Waals surface area (Å²) in [5, 5.41) is 4.65. The summed E-state index contributed by atoms with van der Waals surface area (Å²) in [5.74, 6) is -0.0239. The van der Waals surface area contributed by atoms with E-state index < -0.39 is 5.97 Å². The molecule has 0 aliphatic carbocycles. The molecular formula is C24H21N3O5S2. The molecule has 0 saturated heterocycles. The Kier molecular flexibility index (Phi) is 7.29. The first-order chi connectivity index (χ1) is 16.4. The SMILES string of the molecule is COc1cccc(NC(=O)CSc2ccccc2C(=O)OCc2cc(=O)n3c(C)csc3n2)c1. The number of amides is 1. The second-order valence-electron chi connectivity index (χ2n) is 7.22. The number of esters is 1. The molecule has 34 heavy (non-hydrogen) atoms. The molecule has 0 aliphatic rings. The third-order valence-corrected chi connectivity index (χ3v) is 6.82. The highest BCUT2D eigenvalue weighted by atomic mass is 32.2. The minimum Gasteiger partial charge on any atom is -0.497 e. The van der Waals surface area contributed by atoms with Crippen LogP contribution in [0.1, 0.15) is 21.7 Å². The van der Waals surface area contributed by atoms with Gasteiger partial charge in [0.15, 0.2) is 4.96 Å². The molecule has 0 bridgehead atoms. The van der Waals surface area contributed by atoms with Crippen LogP contribution in [0, 0.1) is 6.92 Å². The van der Waals surface area contributed by atoms with Crippen LogP contribution in [-0.2, 0) is 16.1 Å². The van der Waals surface area contributed by atoms with Crippen LogP contribution in [0.3, 0.4) is 0 Å². The van der Waals surface area contributed by atoms with Crippen molar-refractivity contribution in [3.63, 3.8) is 0 Å². The number of hydrogen-bond acceptors (Lipinski definition) is 8. The van der Waals surface area contributed by atoms with Gasteiger partial charge in [0, 0.05) is 33.8 Å². The van der Waals surface area contributed by atoms with Gasteiger partial charge in [-0.1, -0.05) is 18.2 Å². The molecule has 2 aromatic heterocycles. The molecule has 4 aromatic rings. The van der Waals surface area contributed by atoms with E-state index in [0.29, 0.717) is 32.6 Å². The van der Waals surface area contributed by atoms with Crippen molar-refractivity contribution in [3.05, 3.63) is 87.3 Å². The number of aryl methyl sites for hydroxylation is 1. The van der Waals surface area contributed by atoms with E-state index in [1.165, 1.54) is 33.6 Å². The van der Waals surface area contributed by atoms with Crippen molar-refractivity contribution in [2.45, 2.75) is 18.4 Å². The molecule has 4 rings (SSSR count). The normalized spacial score (nSPS) is 10.8. The molecule has 0 spiro atoms. The van der Waals surface area contributed by atoms with E-state index in [0.717, 1.165) is 5.69 Å². The summed E-state index contributed by atoms with van der Waals surface area (Å²) in [7, 11) is 1.56. The van der Waals surface area contributed by atoms with Crippen molar-refractivity contribution in [2.24, 2.45) is 0 Å². The maximum Gasteiger partial charge on any atom is 0.339 e. The number of aromatic nitrogens is 2. The van der Waals surface area contributed by atoms with Gasteiger partial charge in [0.25, 0.3) is 5.56 Å². The highest BCUT2D eigenvalue weighted by molar-refractivity contribution is 8.00. The van der Waals surface area contributed by atoms with Crippen molar-refractivity contribution in [2.75, 3.05) is 18.2 Å². The molecule has 0 fully saturated rings. The molecule has 174 valence electrons. The predicted octanol–water partition coefficient (Wildman–Crippen LogP) is 4.16. The van der Waals surface area contributed by atoms with Gasteiger partial charge in [0.2, 0.25) is 5.91 Å². The van der Waals surface area contributed by atoms with Gasteiger partial charge in [-0.15, -0.1) is 23.1 Å². The molecule has 0 saturated carbocycles.